The van der Waals surface area contributed by atoms with Gasteiger partial charge in [-0.3, -0.25) is 4.98 Å². The van der Waals surface area contributed by atoms with Gasteiger partial charge in [-0.2, -0.15) is 0 Å². The number of sulfonamides is 1. The second-order valence-corrected chi connectivity index (χ2v) is 6.64. The van der Waals surface area contributed by atoms with Gasteiger partial charge in [0.2, 0.25) is 10.0 Å². The lowest BCUT2D eigenvalue weighted by Crippen LogP contribution is -2.46. The summed E-state index contributed by atoms with van der Waals surface area (Å²) in [6, 6.07) is 5.32. The molecule has 1 aliphatic heterocycles. The maximum absolute atomic E-state index is 12.2. The topological polar surface area (TPSA) is 71.1 Å². The highest BCUT2D eigenvalue weighted by Crippen LogP contribution is 2.19. The summed E-state index contributed by atoms with van der Waals surface area (Å²) >= 11 is 0. The molecule has 2 N–H and O–H groups in total. The quantitative estimate of drug-likeness (QED) is 0.848. The largest absolute Gasteiger partial charge is 0.315 e. The number of hydrogen-bond acceptors (Lipinski definition) is 4. The molecule has 0 aliphatic carbocycles. The zero-order valence-electron chi connectivity index (χ0n) is 10.5. The van der Waals surface area contributed by atoms with Crippen molar-refractivity contribution in [3.05, 3.63) is 30.1 Å². The first kappa shape index (κ1) is 13.5. The third-order valence-corrected chi connectivity index (χ3v) is 5.03. The van der Waals surface area contributed by atoms with Crippen LogP contribution in [0.2, 0.25) is 0 Å². The predicted octanol–water partition coefficient (Wildman–Crippen LogP) is 0.814. The molecule has 2 rings (SSSR count). The van der Waals surface area contributed by atoms with Crippen LogP contribution in [0.4, 0.5) is 0 Å². The van der Waals surface area contributed by atoms with Crippen molar-refractivity contribution in [1.29, 1.82) is 0 Å². The summed E-state index contributed by atoms with van der Waals surface area (Å²) < 4.78 is 27.2. The predicted molar refractivity (Wildman–Crippen MR) is 70.6 cm³/mol. The van der Waals surface area contributed by atoms with Gasteiger partial charge in [-0.1, -0.05) is 6.07 Å². The van der Waals surface area contributed by atoms with Crippen LogP contribution in [0.5, 0.6) is 0 Å². The number of nitrogens with zero attached hydrogens (tertiary/aromatic N) is 1. The normalized spacial score (nSPS) is 22.6. The first-order chi connectivity index (χ1) is 8.59. The monoisotopic (exact) mass is 269 g/mol. The van der Waals surface area contributed by atoms with Crippen molar-refractivity contribution in [3.63, 3.8) is 0 Å². The average molecular weight is 269 g/mol. The van der Waals surface area contributed by atoms with Crippen LogP contribution in [0.15, 0.2) is 24.4 Å². The van der Waals surface area contributed by atoms with Gasteiger partial charge in [0.05, 0.1) is 5.69 Å². The molecule has 1 aromatic heterocycles. The molecule has 0 spiro atoms. The Morgan fingerprint density at radius 3 is 2.94 bits per heavy atom. The highest BCUT2D eigenvalue weighted by Gasteiger charge is 2.27. The molecular formula is C12H19N3O2S. The number of pyridine rings is 1. The lowest BCUT2D eigenvalue weighted by atomic mass is 10.1. The molecule has 1 saturated heterocycles. The average Bonchev–Trinajstić information content (AvgIpc) is 2.39. The van der Waals surface area contributed by atoms with E-state index < -0.39 is 15.3 Å². The van der Waals surface area contributed by atoms with Crippen molar-refractivity contribution >= 4 is 10.0 Å². The third-order valence-electron chi connectivity index (χ3n) is 3.20. The Bertz CT molecular complexity index is 469. The Morgan fingerprint density at radius 2 is 2.33 bits per heavy atom. The van der Waals surface area contributed by atoms with Crippen LogP contribution in [0.25, 0.3) is 0 Å². The van der Waals surface area contributed by atoms with Gasteiger partial charge in [-0.05, 0) is 38.4 Å². The van der Waals surface area contributed by atoms with Gasteiger partial charge in [0.25, 0.3) is 0 Å². The van der Waals surface area contributed by atoms with Crippen molar-refractivity contribution in [2.24, 2.45) is 0 Å². The van der Waals surface area contributed by atoms with Crippen LogP contribution in [0.3, 0.4) is 0 Å². The minimum absolute atomic E-state index is 0.00471. The number of rotatable bonds is 4. The van der Waals surface area contributed by atoms with E-state index in [0.29, 0.717) is 12.2 Å². The maximum atomic E-state index is 12.2. The smallest absolute Gasteiger partial charge is 0.220 e. The van der Waals surface area contributed by atoms with Crippen LogP contribution in [-0.4, -0.2) is 32.5 Å². The van der Waals surface area contributed by atoms with Crippen molar-refractivity contribution in [1.82, 2.24) is 15.0 Å². The van der Waals surface area contributed by atoms with E-state index in [2.05, 4.69) is 15.0 Å². The number of hydrogen-bond donors (Lipinski definition) is 2. The Hall–Kier alpha value is -0.980. The number of aromatic nitrogens is 1. The molecule has 1 fully saturated rings. The molecular weight excluding hydrogens is 250 g/mol. The second-order valence-electron chi connectivity index (χ2n) is 4.60. The zero-order chi connectivity index (χ0) is 13.0. The first-order valence-electron chi connectivity index (χ1n) is 6.22. The van der Waals surface area contributed by atoms with E-state index in [1.165, 1.54) is 0 Å². The molecule has 5 nitrogen and oxygen atoms in total. The second kappa shape index (κ2) is 5.77. The molecule has 0 bridgehead atoms. The summed E-state index contributed by atoms with van der Waals surface area (Å²) in [6.45, 7) is 3.34. The summed E-state index contributed by atoms with van der Waals surface area (Å²) in [5, 5.41) is 2.57. The van der Waals surface area contributed by atoms with E-state index in [9.17, 15) is 8.42 Å². The fraction of sp³-hybridized carbons (Fsp3) is 0.583. The summed E-state index contributed by atoms with van der Waals surface area (Å²) in [5.74, 6) is 0. The zero-order valence-corrected chi connectivity index (χ0v) is 11.3. The van der Waals surface area contributed by atoms with Gasteiger partial charge in [0.1, 0.15) is 5.25 Å². The van der Waals surface area contributed by atoms with Crippen LogP contribution in [-0.2, 0) is 10.0 Å². The number of nitrogens with one attached hydrogen (secondary N) is 2. The van der Waals surface area contributed by atoms with Gasteiger partial charge in [0, 0.05) is 18.8 Å². The highest BCUT2D eigenvalue weighted by atomic mass is 32.2. The SMILES string of the molecule is C[C@H](c1ccccn1)S(=O)(=O)N[C@@H]1CCCNC1. The Labute approximate surface area is 108 Å². The third kappa shape index (κ3) is 3.28. The lowest BCUT2D eigenvalue weighted by molar-refractivity contribution is 0.427. The fourth-order valence-corrected chi connectivity index (χ4v) is 3.39. The lowest BCUT2D eigenvalue weighted by Gasteiger charge is -2.25. The van der Waals surface area contributed by atoms with Gasteiger partial charge >= 0.3 is 0 Å². The molecule has 0 saturated carbocycles. The molecule has 0 amide bonds. The highest BCUT2D eigenvalue weighted by molar-refractivity contribution is 7.89. The molecule has 2 heterocycles. The first-order valence-corrected chi connectivity index (χ1v) is 7.77. The summed E-state index contributed by atoms with van der Waals surface area (Å²) in [6.07, 6.45) is 3.51. The Morgan fingerprint density at radius 1 is 1.50 bits per heavy atom. The fourth-order valence-electron chi connectivity index (χ4n) is 2.06. The van der Waals surface area contributed by atoms with E-state index in [1.54, 1.807) is 31.3 Å². The summed E-state index contributed by atoms with van der Waals surface area (Å²) in [4.78, 5) is 4.10. The van der Waals surface area contributed by atoms with E-state index in [-0.39, 0.29) is 6.04 Å². The Kier molecular flexibility index (Phi) is 4.31. The van der Waals surface area contributed by atoms with Gasteiger partial charge in [0.15, 0.2) is 0 Å². The maximum Gasteiger partial charge on any atom is 0.220 e. The summed E-state index contributed by atoms with van der Waals surface area (Å²) in [7, 11) is -3.37. The van der Waals surface area contributed by atoms with E-state index in [1.807, 2.05) is 0 Å². The van der Waals surface area contributed by atoms with Crippen LogP contribution in [0, 0.1) is 0 Å². The molecule has 1 aliphatic rings. The molecule has 0 unspecified atom stereocenters. The minimum atomic E-state index is -3.37. The van der Waals surface area contributed by atoms with E-state index >= 15 is 0 Å². The van der Waals surface area contributed by atoms with Crippen LogP contribution < -0.4 is 10.0 Å². The molecule has 18 heavy (non-hydrogen) atoms. The molecule has 0 aromatic carbocycles. The molecule has 100 valence electrons. The van der Waals surface area contributed by atoms with Crippen molar-refractivity contribution < 1.29 is 8.42 Å². The van der Waals surface area contributed by atoms with Crippen molar-refractivity contribution in [2.45, 2.75) is 31.1 Å². The number of piperidine rings is 1. The molecule has 0 radical (unpaired) electrons. The van der Waals surface area contributed by atoms with Gasteiger partial charge in [-0.15, -0.1) is 0 Å². The standard InChI is InChI=1S/C12H19N3O2S/c1-10(12-6-2-3-8-14-12)18(16,17)15-11-5-4-7-13-9-11/h2-3,6,8,10-11,13,15H,4-5,7,9H2,1H3/t10-,11-/m1/s1. The van der Waals surface area contributed by atoms with E-state index in [4.69, 9.17) is 0 Å². The van der Waals surface area contributed by atoms with Crippen LogP contribution in [0.1, 0.15) is 30.7 Å². The van der Waals surface area contributed by atoms with E-state index in [0.717, 1.165) is 19.4 Å². The van der Waals surface area contributed by atoms with Gasteiger partial charge < -0.3 is 5.32 Å². The molecule has 1 aromatic rings. The van der Waals surface area contributed by atoms with Crippen molar-refractivity contribution in [3.8, 4) is 0 Å². The minimum Gasteiger partial charge on any atom is -0.315 e. The van der Waals surface area contributed by atoms with Gasteiger partial charge in [-0.25, -0.2) is 13.1 Å². The molecule has 2 atom stereocenters. The summed E-state index contributed by atoms with van der Waals surface area (Å²) in [5.41, 5.74) is 0.578. The Balaban J connectivity index is 2.06. The van der Waals surface area contributed by atoms with Crippen molar-refractivity contribution in [2.75, 3.05) is 13.1 Å². The van der Waals surface area contributed by atoms with Crippen LogP contribution >= 0.6 is 0 Å². The molecule has 6 heteroatoms.